The van der Waals surface area contributed by atoms with Gasteiger partial charge < -0.3 is 28.4 Å². The number of hydrogen-bond donors (Lipinski definition) is 0. The van der Waals surface area contributed by atoms with Crippen LogP contribution in [0, 0.1) is 23.7 Å². The number of fused-ring (bicyclic) bond motifs is 12. The standard InChI is InChI=1S/C24H28O10/c1-5-29-21(25)13-14(22(26)30-6-2)18-10-9(17(13)33-18)11-12(10)20-16(24(28)32-8-4)15(19(11)34-20)23(27)31-7-3/h9-12,17-20H,5-8H2,1-4H3/t9?,10?,11?,12?,17-,18+,19+,20-. The van der Waals surface area contributed by atoms with Gasteiger partial charge in [-0.15, -0.1) is 0 Å². The number of ether oxygens (including phenoxy) is 6. The van der Waals surface area contributed by atoms with E-state index in [2.05, 4.69) is 0 Å². The van der Waals surface area contributed by atoms with E-state index in [4.69, 9.17) is 28.4 Å². The van der Waals surface area contributed by atoms with Crippen molar-refractivity contribution in [2.75, 3.05) is 26.4 Å². The summed E-state index contributed by atoms with van der Waals surface area (Å²) in [6.07, 6.45) is -2.64. The van der Waals surface area contributed by atoms with Crippen molar-refractivity contribution in [2.24, 2.45) is 23.7 Å². The van der Waals surface area contributed by atoms with Crippen molar-refractivity contribution in [3.8, 4) is 0 Å². The van der Waals surface area contributed by atoms with Gasteiger partial charge in [0.05, 0.1) is 73.1 Å². The average Bonchev–Trinajstić information content (AvgIpc) is 3.49. The Labute approximate surface area is 196 Å². The Balaban J connectivity index is 1.52. The molecule has 4 atom stereocenters. The van der Waals surface area contributed by atoms with Gasteiger partial charge in [-0.2, -0.15) is 0 Å². The van der Waals surface area contributed by atoms with E-state index in [-0.39, 0.29) is 72.4 Å². The van der Waals surface area contributed by atoms with E-state index < -0.39 is 48.3 Å². The maximum absolute atomic E-state index is 12.8. The Morgan fingerprint density at radius 1 is 0.500 bits per heavy atom. The van der Waals surface area contributed by atoms with Crippen LogP contribution in [-0.4, -0.2) is 74.7 Å². The Kier molecular flexibility index (Phi) is 5.76. The van der Waals surface area contributed by atoms with E-state index in [1.807, 2.05) is 0 Å². The highest BCUT2D eigenvalue weighted by molar-refractivity contribution is 6.05. The molecule has 4 heterocycles. The number of hydrogen-bond acceptors (Lipinski definition) is 10. The molecule has 4 aliphatic heterocycles. The predicted octanol–water partition coefficient (Wildman–Crippen LogP) is 0.872. The zero-order valence-electron chi connectivity index (χ0n) is 19.5. The van der Waals surface area contributed by atoms with Crippen molar-refractivity contribution in [3.05, 3.63) is 22.3 Å². The van der Waals surface area contributed by atoms with Gasteiger partial charge in [-0.25, -0.2) is 19.2 Å². The Hall–Kier alpha value is -2.72. The highest BCUT2D eigenvalue weighted by Crippen LogP contribution is 2.70. The maximum atomic E-state index is 12.8. The zero-order valence-corrected chi connectivity index (χ0v) is 19.5. The van der Waals surface area contributed by atoms with Gasteiger partial charge in [-0.05, 0) is 27.7 Å². The topological polar surface area (TPSA) is 124 Å². The van der Waals surface area contributed by atoms with Crippen LogP contribution in [0.2, 0.25) is 0 Å². The molecule has 0 unspecified atom stereocenters. The van der Waals surface area contributed by atoms with Gasteiger partial charge in [0, 0.05) is 23.7 Å². The van der Waals surface area contributed by atoms with Gasteiger partial charge in [0.2, 0.25) is 0 Å². The maximum Gasteiger partial charge on any atom is 0.337 e. The summed E-state index contributed by atoms with van der Waals surface area (Å²) in [6.45, 7) is 7.38. The van der Waals surface area contributed by atoms with Crippen LogP contribution < -0.4 is 0 Å². The molecule has 1 saturated carbocycles. The minimum Gasteiger partial charge on any atom is -0.463 e. The van der Waals surface area contributed by atoms with Crippen molar-refractivity contribution in [3.63, 3.8) is 0 Å². The molecule has 3 fully saturated rings. The van der Waals surface area contributed by atoms with Crippen LogP contribution in [-0.2, 0) is 47.6 Å². The second kappa shape index (κ2) is 8.49. The van der Waals surface area contributed by atoms with Crippen molar-refractivity contribution in [2.45, 2.75) is 52.1 Å². The van der Waals surface area contributed by atoms with Gasteiger partial charge in [0.1, 0.15) is 0 Å². The molecule has 0 aromatic carbocycles. The third-order valence-electron chi connectivity index (χ3n) is 7.46. The SMILES string of the molecule is CCOC(=O)C1=C(C(=O)OCC)[C@@H]2O[C@H]1C1C2C2C1[C@H]1O[C@@H]2C(C(=O)OCC)=C1C(=O)OCC. The largest absolute Gasteiger partial charge is 0.463 e. The number of esters is 4. The monoisotopic (exact) mass is 476 g/mol. The lowest BCUT2D eigenvalue weighted by atomic mass is 9.47. The van der Waals surface area contributed by atoms with E-state index in [1.54, 1.807) is 27.7 Å². The fourth-order valence-corrected chi connectivity index (χ4v) is 6.57. The van der Waals surface area contributed by atoms with Crippen LogP contribution >= 0.6 is 0 Å². The quantitative estimate of drug-likeness (QED) is 0.368. The number of carbonyl (C=O) groups excluding carboxylic acids is 4. The molecule has 34 heavy (non-hydrogen) atoms. The summed E-state index contributed by atoms with van der Waals surface area (Å²) >= 11 is 0. The van der Waals surface area contributed by atoms with Gasteiger partial charge in [-0.3, -0.25) is 0 Å². The molecule has 0 spiro atoms. The lowest BCUT2D eigenvalue weighted by Gasteiger charge is -2.52. The highest BCUT2D eigenvalue weighted by Gasteiger charge is 2.77. The Bertz CT molecular complexity index is 845. The number of carbonyl (C=O) groups is 4. The normalized spacial score (nSPS) is 36.1. The molecular formula is C24H28O10. The van der Waals surface area contributed by atoms with Gasteiger partial charge in [-0.1, -0.05) is 0 Å². The van der Waals surface area contributed by atoms with Gasteiger partial charge in [0.15, 0.2) is 0 Å². The lowest BCUT2D eigenvalue weighted by Crippen LogP contribution is -2.59. The molecule has 0 aromatic heterocycles. The molecule has 5 rings (SSSR count). The smallest absolute Gasteiger partial charge is 0.337 e. The van der Waals surface area contributed by atoms with Crippen LogP contribution in [0.1, 0.15) is 27.7 Å². The summed E-state index contributed by atoms with van der Waals surface area (Å²) in [5.41, 5.74) is 0.778. The second-order valence-corrected chi connectivity index (χ2v) is 8.80. The van der Waals surface area contributed by atoms with Crippen molar-refractivity contribution >= 4 is 23.9 Å². The zero-order chi connectivity index (χ0) is 24.3. The molecule has 10 heteroatoms. The first-order chi connectivity index (χ1) is 16.4. The van der Waals surface area contributed by atoms with Crippen LogP contribution in [0.25, 0.3) is 0 Å². The molecular weight excluding hydrogens is 448 g/mol. The fourth-order valence-electron chi connectivity index (χ4n) is 6.57. The second-order valence-electron chi connectivity index (χ2n) is 8.80. The first kappa shape index (κ1) is 23.0. The molecule has 1 aliphatic carbocycles. The molecule has 0 radical (unpaired) electrons. The molecule has 0 amide bonds. The third kappa shape index (κ3) is 2.94. The van der Waals surface area contributed by atoms with Crippen LogP contribution in [0.3, 0.4) is 0 Å². The number of rotatable bonds is 8. The summed E-state index contributed by atoms with van der Waals surface area (Å²) in [5, 5.41) is 0. The van der Waals surface area contributed by atoms with Crippen molar-refractivity contribution in [1.82, 2.24) is 0 Å². The summed E-state index contributed by atoms with van der Waals surface area (Å²) < 4.78 is 33.3. The molecule has 0 aromatic rings. The van der Waals surface area contributed by atoms with E-state index in [0.717, 1.165) is 0 Å². The third-order valence-corrected chi connectivity index (χ3v) is 7.46. The van der Waals surface area contributed by atoms with Crippen molar-refractivity contribution < 1.29 is 47.6 Å². The minimum absolute atomic E-state index is 0.155. The molecule has 2 saturated heterocycles. The van der Waals surface area contributed by atoms with Crippen LogP contribution in [0.15, 0.2) is 22.3 Å². The summed E-state index contributed by atoms with van der Waals surface area (Å²) in [5.74, 6) is -3.03. The molecule has 10 nitrogen and oxygen atoms in total. The molecule has 5 aliphatic rings. The molecule has 184 valence electrons. The van der Waals surface area contributed by atoms with Crippen molar-refractivity contribution in [1.29, 1.82) is 0 Å². The van der Waals surface area contributed by atoms with Crippen LogP contribution in [0.4, 0.5) is 0 Å². The first-order valence-electron chi connectivity index (χ1n) is 11.9. The fraction of sp³-hybridized carbons (Fsp3) is 0.667. The van der Waals surface area contributed by atoms with E-state index in [1.165, 1.54) is 0 Å². The van der Waals surface area contributed by atoms with E-state index in [0.29, 0.717) is 0 Å². The highest BCUT2D eigenvalue weighted by atomic mass is 16.6. The van der Waals surface area contributed by atoms with Gasteiger partial charge in [0.25, 0.3) is 0 Å². The molecule has 0 N–H and O–H groups in total. The van der Waals surface area contributed by atoms with Gasteiger partial charge >= 0.3 is 23.9 Å². The Morgan fingerprint density at radius 3 is 0.882 bits per heavy atom. The van der Waals surface area contributed by atoms with E-state index in [9.17, 15) is 19.2 Å². The molecule has 4 bridgehead atoms. The minimum atomic E-state index is -0.660. The van der Waals surface area contributed by atoms with E-state index >= 15 is 0 Å². The first-order valence-corrected chi connectivity index (χ1v) is 11.9. The Morgan fingerprint density at radius 2 is 0.706 bits per heavy atom. The summed E-state index contributed by atoms with van der Waals surface area (Å²) in [4.78, 5) is 51.2. The predicted molar refractivity (Wildman–Crippen MR) is 112 cm³/mol. The summed E-state index contributed by atoms with van der Waals surface area (Å²) in [7, 11) is 0. The average molecular weight is 476 g/mol. The van der Waals surface area contributed by atoms with Crippen LogP contribution in [0.5, 0.6) is 0 Å². The lowest BCUT2D eigenvalue weighted by molar-refractivity contribution is -0.145. The summed E-state index contributed by atoms with van der Waals surface area (Å²) in [6, 6.07) is 0.